The van der Waals surface area contributed by atoms with E-state index in [0.29, 0.717) is 12.8 Å². The Morgan fingerprint density at radius 1 is 0.867 bits per heavy atom. The van der Waals surface area contributed by atoms with Gasteiger partial charge in [-0.15, -0.1) is 14.1 Å². The summed E-state index contributed by atoms with van der Waals surface area (Å²) in [5.41, 5.74) is 0. The zero-order valence-corrected chi connectivity index (χ0v) is 14.1. The smallest absolute Gasteiger partial charge is 1.00 e. The Morgan fingerprint density at radius 3 is 1.07 bits per heavy atom. The molecule has 0 atom stereocenters. The third-order valence-corrected chi connectivity index (χ3v) is 1.10. The molecule has 0 heterocycles. The minimum absolute atomic E-state index is 0. The first-order chi connectivity index (χ1) is 5.62. The fourth-order valence-electron chi connectivity index (χ4n) is 0.316. The molecule has 0 aliphatic rings. The zero-order valence-electron chi connectivity index (χ0n) is 9.38. The maximum absolute atomic E-state index is 10.0. The molecule has 0 N–H and O–H groups in total. The van der Waals surface area contributed by atoms with Crippen LogP contribution in [0.5, 0.6) is 0 Å². The van der Waals surface area contributed by atoms with Gasteiger partial charge in [-0.2, -0.15) is 0 Å². The van der Waals surface area contributed by atoms with E-state index in [1.165, 1.54) is 14.1 Å². The second kappa shape index (κ2) is 24.0. The zero-order chi connectivity index (χ0) is 9.98. The predicted octanol–water partition coefficient (Wildman–Crippen LogP) is -4.14. The van der Waals surface area contributed by atoms with E-state index in [2.05, 4.69) is 10.6 Å². The molecule has 0 aliphatic heterocycles. The van der Waals surface area contributed by atoms with Gasteiger partial charge in [0.2, 0.25) is 0 Å². The van der Waals surface area contributed by atoms with E-state index in [4.69, 9.17) is 0 Å². The molecule has 0 aromatic rings. The Balaban J connectivity index is -0.0000000370. The second-order valence-corrected chi connectivity index (χ2v) is 1.94. The van der Waals surface area contributed by atoms with Crippen molar-refractivity contribution in [1.29, 1.82) is 0 Å². The van der Waals surface area contributed by atoms with E-state index >= 15 is 0 Å². The fourth-order valence-corrected chi connectivity index (χ4v) is 0.316. The van der Waals surface area contributed by atoms with Gasteiger partial charge in [0.05, 0.1) is 11.8 Å². The summed E-state index contributed by atoms with van der Waals surface area (Å²) < 4.78 is 0. The van der Waals surface area contributed by atoms with Gasteiger partial charge in [0.25, 0.3) is 0 Å². The van der Waals surface area contributed by atoms with Crippen LogP contribution in [0.15, 0.2) is 0 Å². The van der Waals surface area contributed by atoms with Crippen molar-refractivity contribution in [1.82, 2.24) is 0 Å². The maximum Gasteiger partial charge on any atom is 4.00 e. The Labute approximate surface area is 128 Å². The first-order valence-electron chi connectivity index (χ1n) is 3.87. The molecule has 0 rings (SSSR count). The second-order valence-electron chi connectivity index (χ2n) is 1.94. The van der Waals surface area contributed by atoms with Gasteiger partial charge in [0, 0.05) is 0 Å². The van der Waals surface area contributed by atoms with Crippen LogP contribution >= 0.6 is 0 Å². The summed E-state index contributed by atoms with van der Waals surface area (Å²) in [4.78, 5) is 20.0. The van der Waals surface area contributed by atoms with Crippen molar-refractivity contribution in [3.05, 3.63) is 10.6 Å². The third-order valence-electron chi connectivity index (χ3n) is 1.10. The van der Waals surface area contributed by atoms with Crippen LogP contribution in [0, 0.1) is 0 Å². The van der Waals surface area contributed by atoms with Crippen molar-refractivity contribution in [3.8, 4) is 0 Å². The summed E-state index contributed by atoms with van der Waals surface area (Å²) >= 11 is 0. The number of nitrogens with zero attached hydrogens (tertiary/aromatic N) is 2. The van der Waals surface area contributed by atoms with Gasteiger partial charge < -0.3 is 54.2 Å². The summed E-state index contributed by atoms with van der Waals surface area (Å²) in [5.74, 6) is -0.0648. The van der Waals surface area contributed by atoms with Crippen molar-refractivity contribution in [3.63, 3.8) is 0 Å². The predicted molar refractivity (Wildman–Crippen MR) is 49.2 cm³/mol. The molecule has 2 amide bonds. The number of carbonyl (C=O) groups is 2. The summed E-state index contributed by atoms with van der Waals surface area (Å²) in [6.45, 7) is 3.57. The van der Waals surface area contributed by atoms with Crippen LogP contribution in [0.4, 0.5) is 0 Å². The summed E-state index contributed by atoms with van der Waals surface area (Å²) in [7, 11) is 3.01. The molecule has 0 aromatic carbocycles. The number of halogens is 2. The molecule has 0 spiro atoms. The summed E-state index contributed by atoms with van der Waals surface area (Å²) in [6, 6.07) is 0. The van der Waals surface area contributed by atoms with E-state index in [1.807, 2.05) is 0 Å². The first kappa shape index (κ1) is 29.6. The molecule has 0 aromatic heterocycles. The molecular formula is C8H16Br2N2O2Ti. The fraction of sp³-hybridized carbons (Fsp3) is 0.750. The molecule has 88 valence electrons. The van der Waals surface area contributed by atoms with Crippen molar-refractivity contribution in [2.45, 2.75) is 26.7 Å². The molecule has 0 radical (unpaired) electrons. The molecule has 7 heteroatoms. The number of carbonyl (C=O) groups excluding carboxylic acids is 2. The van der Waals surface area contributed by atoms with Crippen molar-refractivity contribution >= 4 is 11.8 Å². The molecule has 15 heavy (non-hydrogen) atoms. The van der Waals surface area contributed by atoms with Crippen LogP contribution < -0.4 is 34.0 Å². The maximum atomic E-state index is 10.0. The van der Waals surface area contributed by atoms with E-state index in [1.54, 1.807) is 13.8 Å². The number of rotatable bonds is 2. The van der Waals surface area contributed by atoms with Crippen LogP contribution in [-0.4, -0.2) is 25.9 Å². The largest absolute Gasteiger partial charge is 4.00 e. The Bertz CT molecular complexity index is 121. The van der Waals surface area contributed by atoms with Crippen molar-refractivity contribution < 1.29 is 65.3 Å². The average molecular weight is 380 g/mol. The Kier molecular flexibility index (Phi) is 47.4. The molecule has 4 nitrogen and oxygen atoms in total. The van der Waals surface area contributed by atoms with Crippen LogP contribution in [0.3, 0.4) is 0 Å². The van der Waals surface area contributed by atoms with Crippen LogP contribution in [0.2, 0.25) is 0 Å². The van der Waals surface area contributed by atoms with Crippen LogP contribution in [-0.2, 0) is 31.3 Å². The molecule has 0 fully saturated rings. The molecule has 0 bridgehead atoms. The molecule has 0 saturated heterocycles. The molecule has 0 unspecified atom stereocenters. The molecule has 0 saturated carbocycles. The van der Waals surface area contributed by atoms with E-state index in [-0.39, 0.29) is 67.5 Å². The number of hydrogen-bond acceptors (Lipinski definition) is 2. The van der Waals surface area contributed by atoms with Gasteiger partial charge in [0.15, 0.2) is 0 Å². The minimum atomic E-state index is -0.0324. The first-order valence-corrected chi connectivity index (χ1v) is 3.87. The standard InChI is InChI=1S/2C4H9NO.2BrH.Ti/c2*1-3-4(6)5-2;;;/h2*3H2,1-2H3,(H,5,6);2*1H;/q;;;;+4/p-4. The normalized spacial score (nSPS) is 6.13. The summed E-state index contributed by atoms with van der Waals surface area (Å²) in [5, 5.41) is 6.74. The van der Waals surface area contributed by atoms with Crippen molar-refractivity contribution in [2.24, 2.45) is 0 Å². The quantitative estimate of drug-likeness (QED) is 0.457. The average Bonchev–Trinajstić information content (AvgIpc) is 2.16. The van der Waals surface area contributed by atoms with Crippen LogP contribution in [0.25, 0.3) is 10.6 Å². The Morgan fingerprint density at radius 2 is 1.07 bits per heavy atom. The third kappa shape index (κ3) is 31.3. The molecule has 0 aliphatic carbocycles. The summed E-state index contributed by atoms with van der Waals surface area (Å²) in [6.07, 6.45) is 1.05. The van der Waals surface area contributed by atoms with E-state index in [0.717, 1.165) is 0 Å². The van der Waals surface area contributed by atoms with Gasteiger partial charge in [0.1, 0.15) is 0 Å². The SMILES string of the molecule is CCC(=O)[N-]C.CCC(=O)[N-]C.[Br-].[Br-].[Ti+4]. The van der Waals surface area contributed by atoms with Gasteiger partial charge in [-0.1, -0.05) is 13.8 Å². The number of hydrogen-bond donors (Lipinski definition) is 0. The Hall–Kier alpha value is 0.614. The monoisotopic (exact) mass is 378 g/mol. The van der Waals surface area contributed by atoms with E-state index in [9.17, 15) is 9.59 Å². The van der Waals surface area contributed by atoms with Gasteiger partial charge in [-0.05, 0) is 12.8 Å². The van der Waals surface area contributed by atoms with Gasteiger partial charge >= 0.3 is 21.7 Å². The van der Waals surface area contributed by atoms with Gasteiger partial charge in [-0.25, -0.2) is 0 Å². The van der Waals surface area contributed by atoms with Gasteiger partial charge in [-0.3, -0.25) is 0 Å². The van der Waals surface area contributed by atoms with E-state index < -0.39 is 0 Å². The molecular weight excluding hydrogens is 364 g/mol. The van der Waals surface area contributed by atoms with Crippen molar-refractivity contribution in [2.75, 3.05) is 14.1 Å². The minimum Gasteiger partial charge on any atom is -1.00 e. The topological polar surface area (TPSA) is 62.3 Å². The number of amides is 2. The van der Waals surface area contributed by atoms with Crippen LogP contribution in [0.1, 0.15) is 26.7 Å².